The molecule has 1 aromatic heterocycles. The van der Waals surface area contributed by atoms with Gasteiger partial charge in [0.05, 0.1) is 11.2 Å². The second-order valence-corrected chi connectivity index (χ2v) is 3.58. The van der Waals surface area contributed by atoms with Crippen LogP contribution in [0.15, 0.2) is 36.7 Å². The summed E-state index contributed by atoms with van der Waals surface area (Å²) in [6.45, 7) is 1.96. The van der Waals surface area contributed by atoms with E-state index in [1.807, 2.05) is 13.0 Å². The summed E-state index contributed by atoms with van der Waals surface area (Å²) in [6, 6.07) is 9.99. The molecule has 15 heavy (non-hydrogen) atoms. The highest BCUT2D eigenvalue weighted by Gasteiger charge is 1.98. The third kappa shape index (κ3) is 2.70. The number of aromatic nitrogens is 1. The molecule has 0 N–H and O–H groups in total. The second kappa shape index (κ2) is 4.32. The third-order valence-electron chi connectivity index (χ3n) is 1.82. The fraction of sp³-hybridized carbons (Fsp3) is 0.0833. The number of pyridine rings is 1. The Morgan fingerprint density at radius 3 is 2.87 bits per heavy atom. The van der Waals surface area contributed by atoms with E-state index in [1.165, 1.54) is 0 Å². The van der Waals surface area contributed by atoms with Crippen LogP contribution in [0.1, 0.15) is 5.56 Å². The van der Waals surface area contributed by atoms with Gasteiger partial charge in [0.15, 0.2) is 0 Å². The molecule has 2 rings (SSSR count). The molecule has 0 fully saturated rings. The maximum Gasteiger partial charge on any atom is 0.145 e. The zero-order valence-corrected chi connectivity index (χ0v) is 8.95. The van der Waals surface area contributed by atoms with Crippen LogP contribution in [0.25, 0.3) is 0 Å². The van der Waals surface area contributed by atoms with E-state index in [-0.39, 0.29) is 0 Å². The Kier molecular flexibility index (Phi) is 2.88. The van der Waals surface area contributed by atoms with Gasteiger partial charge in [0.25, 0.3) is 0 Å². The van der Waals surface area contributed by atoms with E-state index in [9.17, 15) is 0 Å². The van der Waals surface area contributed by atoms with Gasteiger partial charge in [0, 0.05) is 18.3 Å². The summed E-state index contributed by atoms with van der Waals surface area (Å²) in [5.74, 6) is 1.39. The lowest BCUT2D eigenvalue weighted by atomic mass is 10.3. The molecule has 0 atom stereocenters. The Balaban J connectivity index is 2.22. The van der Waals surface area contributed by atoms with Crippen molar-refractivity contribution in [2.45, 2.75) is 6.92 Å². The molecule has 0 amide bonds. The first-order valence-corrected chi connectivity index (χ1v) is 4.88. The van der Waals surface area contributed by atoms with Crippen molar-refractivity contribution in [3.8, 4) is 11.5 Å². The molecule has 0 saturated heterocycles. The fourth-order valence-corrected chi connectivity index (χ4v) is 1.37. The van der Waals surface area contributed by atoms with E-state index in [0.29, 0.717) is 16.5 Å². The van der Waals surface area contributed by atoms with E-state index in [2.05, 4.69) is 11.1 Å². The van der Waals surface area contributed by atoms with Crippen LogP contribution in [-0.4, -0.2) is 4.98 Å². The minimum absolute atomic E-state index is 0.535. The summed E-state index contributed by atoms with van der Waals surface area (Å²) < 4.78 is 5.57. The molecule has 0 aliphatic heterocycles. The van der Waals surface area contributed by atoms with Gasteiger partial charge in [-0.25, -0.2) is 0 Å². The van der Waals surface area contributed by atoms with Gasteiger partial charge in [-0.3, -0.25) is 4.98 Å². The van der Waals surface area contributed by atoms with Gasteiger partial charge in [-0.1, -0.05) is 11.6 Å². The van der Waals surface area contributed by atoms with Crippen LogP contribution in [0.3, 0.4) is 0 Å². The standard InChI is InChI=1S/C12H9ClNO/c1-9-5-12(8-14-7-9)15-11-4-2-3-10(13)6-11/h2,4-8H,1H3. The van der Waals surface area contributed by atoms with Crippen LogP contribution in [-0.2, 0) is 0 Å². The van der Waals surface area contributed by atoms with E-state index >= 15 is 0 Å². The lowest BCUT2D eigenvalue weighted by Crippen LogP contribution is -1.86. The summed E-state index contributed by atoms with van der Waals surface area (Å²) >= 11 is 5.79. The van der Waals surface area contributed by atoms with Gasteiger partial charge in [0.2, 0.25) is 0 Å². The van der Waals surface area contributed by atoms with Crippen molar-refractivity contribution in [2.24, 2.45) is 0 Å². The van der Waals surface area contributed by atoms with E-state index in [4.69, 9.17) is 16.3 Å². The first-order chi connectivity index (χ1) is 7.24. The van der Waals surface area contributed by atoms with E-state index in [0.717, 1.165) is 5.56 Å². The zero-order valence-electron chi connectivity index (χ0n) is 8.20. The molecule has 1 aromatic carbocycles. The molecule has 1 radical (unpaired) electrons. The summed E-state index contributed by atoms with van der Waals surface area (Å²) in [5.41, 5.74) is 1.06. The Hall–Kier alpha value is -1.54. The van der Waals surface area contributed by atoms with Crippen molar-refractivity contribution >= 4 is 11.6 Å². The van der Waals surface area contributed by atoms with Gasteiger partial charge in [-0.2, -0.15) is 0 Å². The Morgan fingerprint density at radius 1 is 1.27 bits per heavy atom. The normalized spacial score (nSPS) is 10.0. The van der Waals surface area contributed by atoms with Gasteiger partial charge >= 0.3 is 0 Å². The molecule has 0 saturated carbocycles. The Labute approximate surface area is 93.5 Å². The quantitative estimate of drug-likeness (QED) is 0.768. The highest BCUT2D eigenvalue weighted by Crippen LogP contribution is 2.23. The minimum Gasteiger partial charge on any atom is -0.456 e. The van der Waals surface area contributed by atoms with Crippen LogP contribution in [0.2, 0.25) is 5.02 Å². The number of halogens is 1. The van der Waals surface area contributed by atoms with Crippen molar-refractivity contribution in [1.82, 2.24) is 4.98 Å². The van der Waals surface area contributed by atoms with Crippen LogP contribution in [0.5, 0.6) is 11.5 Å². The number of hydrogen-bond donors (Lipinski definition) is 0. The predicted molar refractivity (Wildman–Crippen MR) is 59.3 cm³/mol. The maximum absolute atomic E-state index is 5.79. The van der Waals surface area contributed by atoms with Crippen LogP contribution in [0, 0.1) is 13.0 Å². The molecule has 0 aliphatic rings. The lowest BCUT2D eigenvalue weighted by molar-refractivity contribution is 0.480. The van der Waals surface area contributed by atoms with Crippen LogP contribution >= 0.6 is 11.6 Å². The monoisotopic (exact) mass is 218 g/mol. The summed E-state index contributed by atoms with van der Waals surface area (Å²) in [5, 5.41) is 0.535. The highest BCUT2D eigenvalue weighted by molar-refractivity contribution is 6.30. The van der Waals surface area contributed by atoms with Crippen molar-refractivity contribution in [3.05, 3.63) is 53.3 Å². The lowest BCUT2D eigenvalue weighted by Gasteiger charge is -2.05. The molecule has 3 heteroatoms. The highest BCUT2D eigenvalue weighted by atomic mass is 35.5. The largest absolute Gasteiger partial charge is 0.456 e. The van der Waals surface area contributed by atoms with Crippen molar-refractivity contribution in [1.29, 1.82) is 0 Å². The summed E-state index contributed by atoms with van der Waals surface area (Å²) in [6.07, 6.45) is 3.44. The van der Waals surface area contributed by atoms with Crippen molar-refractivity contribution in [3.63, 3.8) is 0 Å². The maximum atomic E-state index is 5.79. The summed E-state index contributed by atoms with van der Waals surface area (Å²) in [7, 11) is 0. The van der Waals surface area contributed by atoms with Crippen LogP contribution < -0.4 is 4.74 Å². The van der Waals surface area contributed by atoms with Crippen LogP contribution in [0.4, 0.5) is 0 Å². The second-order valence-electron chi connectivity index (χ2n) is 3.17. The number of ether oxygens (including phenoxy) is 1. The predicted octanol–water partition coefficient (Wildman–Crippen LogP) is 3.64. The fourth-order valence-electron chi connectivity index (χ4n) is 1.20. The molecule has 0 bridgehead atoms. The van der Waals surface area contributed by atoms with Crippen molar-refractivity contribution in [2.75, 3.05) is 0 Å². The SMILES string of the molecule is Cc1cncc(Oc2cc[c]c(Cl)c2)c1. The molecule has 0 spiro atoms. The smallest absolute Gasteiger partial charge is 0.145 e. The molecule has 0 aliphatic carbocycles. The topological polar surface area (TPSA) is 22.1 Å². The molecule has 2 aromatic rings. The van der Waals surface area contributed by atoms with Gasteiger partial charge in [-0.05, 0) is 30.7 Å². The number of benzene rings is 1. The van der Waals surface area contributed by atoms with E-state index in [1.54, 1.807) is 30.6 Å². The first-order valence-electron chi connectivity index (χ1n) is 4.51. The molecular weight excluding hydrogens is 210 g/mol. The Morgan fingerprint density at radius 2 is 2.13 bits per heavy atom. The Bertz CT molecular complexity index is 427. The van der Waals surface area contributed by atoms with Gasteiger partial charge < -0.3 is 4.74 Å². The zero-order chi connectivity index (χ0) is 10.7. The van der Waals surface area contributed by atoms with Gasteiger partial charge in [0.1, 0.15) is 11.5 Å². The number of rotatable bonds is 2. The van der Waals surface area contributed by atoms with Gasteiger partial charge in [-0.15, -0.1) is 0 Å². The molecule has 75 valence electrons. The minimum atomic E-state index is 0.535. The average Bonchev–Trinajstić information content (AvgIpc) is 2.17. The van der Waals surface area contributed by atoms with Crippen molar-refractivity contribution < 1.29 is 4.74 Å². The molecule has 0 unspecified atom stereocenters. The first kappa shape index (κ1) is 9.99. The molecule has 1 heterocycles. The third-order valence-corrected chi connectivity index (χ3v) is 2.04. The summed E-state index contributed by atoms with van der Waals surface area (Å²) in [4.78, 5) is 4.04. The molecule has 2 nitrogen and oxygen atoms in total. The number of hydrogen-bond acceptors (Lipinski definition) is 2. The molecular formula is C12H9ClNO. The average molecular weight is 219 g/mol. The number of aryl methyl sites for hydroxylation is 1. The van der Waals surface area contributed by atoms with E-state index < -0.39 is 0 Å². The number of nitrogens with zero attached hydrogens (tertiary/aromatic N) is 1.